The Morgan fingerprint density at radius 1 is 0.707 bits per heavy atom. The standard InChI is InChI=1S/C14H20N2O4S.C13H17NO5S/c1-11-3-5-12(6-4-11)21(19,20)14(13(17)15-18)7-9-16(2)10-8-14;1-10-2-4-11(5-3-10)20(17,18)13(12(15)14-16)6-8-19-9-7-13/h3-6,18H,7-10H2,1-2H3,(H,15,17);2-5,16H,6-9H2,1H3,(H,14,15). The summed E-state index contributed by atoms with van der Waals surface area (Å²) >= 11 is 0. The fourth-order valence-corrected chi connectivity index (χ4v) is 8.90. The molecule has 12 nitrogen and oxygen atoms in total. The van der Waals surface area contributed by atoms with Crippen LogP contribution in [0, 0.1) is 13.8 Å². The highest BCUT2D eigenvalue weighted by Crippen LogP contribution is 2.36. The zero-order valence-electron chi connectivity index (χ0n) is 23.3. The van der Waals surface area contributed by atoms with Crippen molar-refractivity contribution >= 4 is 31.5 Å². The molecular formula is C27H37N3O9S2. The Hall–Kier alpha value is -2.88. The van der Waals surface area contributed by atoms with Gasteiger partial charge in [0.2, 0.25) is 0 Å². The predicted octanol–water partition coefficient (Wildman–Crippen LogP) is 1.56. The number of ether oxygens (including phenoxy) is 1. The second-order valence-corrected chi connectivity index (χ2v) is 14.9. The number of hydrogen-bond donors (Lipinski definition) is 4. The third kappa shape index (κ3) is 6.32. The van der Waals surface area contributed by atoms with E-state index in [4.69, 9.17) is 15.2 Å². The molecule has 0 unspecified atom stereocenters. The van der Waals surface area contributed by atoms with Crippen molar-refractivity contribution < 1.29 is 41.6 Å². The van der Waals surface area contributed by atoms with E-state index in [1.54, 1.807) is 29.7 Å². The lowest BCUT2D eigenvalue weighted by atomic mass is 9.95. The highest BCUT2D eigenvalue weighted by Gasteiger charge is 2.53. The summed E-state index contributed by atoms with van der Waals surface area (Å²) in [6.45, 7) is 5.01. The first-order valence-corrected chi connectivity index (χ1v) is 16.0. The summed E-state index contributed by atoms with van der Waals surface area (Å²) in [5.41, 5.74) is 4.90. The lowest BCUT2D eigenvalue weighted by molar-refractivity contribution is -0.134. The summed E-state index contributed by atoms with van der Waals surface area (Å²) in [6.07, 6.45) is 0.364. The van der Waals surface area contributed by atoms with E-state index < -0.39 is 41.0 Å². The predicted molar refractivity (Wildman–Crippen MR) is 149 cm³/mol. The van der Waals surface area contributed by atoms with Crippen LogP contribution >= 0.6 is 0 Å². The lowest BCUT2D eigenvalue weighted by Gasteiger charge is -2.38. The molecule has 2 aromatic rings. The van der Waals surface area contributed by atoms with E-state index >= 15 is 0 Å². The van der Waals surface area contributed by atoms with Crippen LogP contribution in [0.3, 0.4) is 0 Å². The van der Waals surface area contributed by atoms with Gasteiger partial charge in [-0.2, -0.15) is 0 Å². The van der Waals surface area contributed by atoms with E-state index in [1.807, 2.05) is 25.8 Å². The Labute approximate surface area is 240 Å². The molecule has 41 heavy (non-hydrogen) atoms. The molecule has 4 N–H and O–H groups in total. The maximum Gasteiger partial charge on any atom is 0.265 e. The van der Waals surface area contributed by atoms with Crippen molar-refractivity contribution in [2.24, 2.45) is 0 Å². The van der Waals surface area contributed by atoms with E-state index in [0.717, 1.165) is 11.1 Å². The number of amides is 2. The molecule has 0 bridgehead atoms. The maximum absolute atomic E-state index is 12.9. The fourth-order valence-electron chi connectivity index (χ4n) is 5.01. The molecule has 226 valence electrons. The summed E-state index contributed by atoms with van der Waals surface area (Å²) in [5, 5.41) is 17.9. The van der Waals surface area contributed by atoms with E-state index in [2.05, 4.69) is 0 Å². The molecule has 2 saturated heterocycles. The third-order valence-corrected chi connectivity index (χ3v) is 12.8. The Morgan fingerprint density at radius 2 is 1.05 bits per heavy atom. The summed E-state index contributed by atoms with van der Waals surface area (Å²) in [7, 11) is -5.90. The van der Waals surface area contributed by atoms with Gasteiger partial charge in [0, 0.05) is 13.2 Å². The number of nitrogens with one attached hydrogen (secondary N) is 2. The summed E-state index contributed by atoms with van der Waals surface area (Å²) in [6, 6.07) is 12.7. The van der Waals surface area contributed by atoms with Gasteiger partial charge < -0.3 is 9.64 Å². The molecule has 14 heteroatoms. The SMILES string of the molecule is Cc1ccc(S(=O)(=O)C2(C(=O)NO)CCN(C)CC2)cc1.Cc1ccc(S(=O)(=O)C2(C(=O)NO)CCOCC2)cc1. The van der Waals surface area contributed by atoms with Crippen LogP contribution in [-0.2, 0) is 34.0 Å². The minimum absolute atomic E-state index is 0.0234. The summed E-state index contributed by atoms with van der Waals surface area (Å²) in [4.78, 5) is 26.3. The summed E-state index contributed by atoms with van der Waals surface area (Å²) < 4.78 is 53.3. The molecule has 0 atom stereocenters. The first-order valence-electron chi connectivity index (χ1n) is 13.1. The van der Waals surface area contributed by atoms with Gasteiger partial charge in [0.25, 0.3) is 11.8 Å². The van der Waals surface area contributed by atoms with Crippen LogP contribution in [0.15, 0.2) is 58.3 Å². The molecule has 2 aromatic carbocycles. The van der Waals surface area contributed by atoms with Gasteiger partial charge in [-0.3, -0.25) is 20.0 Å². The van der Waals surface area contributed by atoms with Crippen LogP contribution in [-0.4, -0.2) is 86.8 Å². The van der Waals surface area contributed by atoms with Gasteiger partial charge in [-0.1, -0.05) is 35.4 Å². The zero-order chi connectivity index (χ0) is 30.5. The van der Waals surface area contributed by atoms with E-state index in [9.17, 15) is 26.4 Å². The van der Waals surface area contributed by atoms with Gasteiger partial charge in [0.05, 0.1) is 9.79 Å². The van der Waals surface area contributed by atoms with Gasteiger partial charge in [-0.15, -0.1) is 0 Å². The van der Waals surface area contributed by atoms with E-state index in [-0.39, 0.29) is 48.7 Å². The molecule has 0 saturated carbocycles. The van der Waals surface area contributed by atoms with Gasteiger partial charge in [-0.25, -0.2) is 27.8 Å². The number of nitrogens with zero attached hydrogens (tertiary/aromatic N) is 1. The first kappa shape index (κ1) is 32.6. The van der Waals surface area contributed by atoms with Gasteiger partial charge in [-0.05, 0) is 83.9 Å². The van der Waals surface area contributed by atoms with Crippen molar-refractivity contribution in [1.82, 2.24) is 15.9 Å². The average Bonchev–Trinajstić information content (AvgIpc) is 2.97. The first-order chi connectivity index (χ1) is 19.3. The largest absolute Gasteiger partial charge is 0.381 e. The van der Waals surface area contributed by atoms with Crippen LogP contribution in [0.1, 0.15) is 36.8 Å². The molecule has 2 amide bonds. The van der Waals surface area contributed by atoms with Crippen molar-refractivity contribution in [3.63, 3.8) is 0 Å². The highest BCUT2D eigenvalue weighted by atomic mass is 32.2. The minimum Gasteiger partial charge on any atom is -0.381 e. The molecular weight excluding hydrogens is 574 g/mol. The van der Waals surface area contributed by atoms with Crippen molar-refractivity contribution in [3.8, 4) is 0 Å². The average molecular weight is 612 g/mol. The molecule has 0 radical (unpaired) electrons. The Kier molecular flexibility index (Phi) is 10.3. The highest BCUT2D eigenvalue weighted by molar-refractivity contribution is 7.94. The number of rotatable bonds is 6. The van der Waals surface area contributed by atoms with Crippen molar-refractivity contribution in [1.29, 1.82) is 0 Å². The maximum atomic E-state index is 12.9. The van der Waals surface area contributed by atoms with Crippen molar-refractivity contribution in [2.75, 3.05) is 33.4 Å². The van der Waals surface area contributed by atoms with Gasteiger partial charge in [0.1, 0.15) is 0 Å². The summed E-state index contributed by atoms with van der Waals surface area (Å²) in [5.74, 6) is -1.75. The Morgan fingerprint density at radius 3 is 1.39 bits per heavy atom. The van der Waals surface area contributed by atoms with Crippen molar-refractivity contribution in [2.45, 2.75) is 58.8 Å². The zero-order valence-corrected chi connectivity index (χ0v) is 24.9. The van der Waals surface area contributed by atoms with E-state index in [0.29, 0.717) is 13.1 Å². The van der Waals surface area contributed by atoms with Crippen molar-refractivity contribution in [3.05, 3.63) is 59.7 Å². The Bertz CT molecular complexity index is 1430. The lowest BCUT2D eigenvalue weighted by Crippen LogP contribution is -2.57. The number of likely N-dealkylation sites (tertiary alicyclic amines) is 1. The quantitative estimate of drug-likeness (QED) is 0.277. The molecule has 0 aliphatic carbocycles. The smallest absolute Gasteiger partial charge is 0.265 e. The van der Waals surface area contributed by atoms with Crippen LogP contribution < -0.4 is 11.0 Å². The van der Waals surface area contributed by atoms with Crippen LogP contribution in [0.2, 0.25) is 0 Å². The molecule has 2 fully saturated rings. The molecule has 0 aromatic heterocycles. The topological polar surface area (TPSA) is 179 Å². The number of carbonyl (C=O) groups excluding carboxylic acids is 2. The number of hydroxylamine groups is 2. The molecule has 2 aliphatic rings. The van der Waals surface area contributed by atoms with Crippen LogP contribution in [0.4, 0.5) is 0 Å². The van der Waals surface area contributed by atoms with E-state index in [1.165, 1.54) is 29.7 Å². The minimum atomic E-state index is -3.90. The molecule has 0 spiro atoms. The monoisotopic (exact) mass is 611 g/mol. The number of aryl methyl sites for hydroxylation is 2. The second-order valence-electron chi connectivity index (χ2n) is 10.4. The molecule has 4 rings (SSSR count). The molecule has 2 aliphatic heterocycles. The van der Waals surface area contributed by atoms with Gasteiger partial charge in [0.15, 0.2) is 29.2 Å². The fraction of sp³-hybridized carbons (Fsp3) is 0.481. The van der Waals surface area contributed by atoms with Crippen LogP contribution in [0.5, 0.6) is 0 Å². The number of carbonyl (C=O) groups is 2. The number of sulfone groups is 2. The van der Waals surface area contributed by atoms with Gasteiger partial charge >= 0.3 is 0 Å². The number of hydrogen-bond acceptors (Lipinski definition) is 10. The third-order valence-electron chi connectivity index (χ3n) is 7.82. The van der Waals surface area contributed by atoms with Crippen LogP contribution in [0.25, 0.3) is 0 Å². The molecule has 2 heterocycles. The number of piperidine rings is 1. The Balaban J connectivity index is 0.000000226. The second kappa shape index (κ2) is 13.0. The number of benzene rings is 2. The normalized spacial score (nSPS) is 18.9.